The Morgan fingerprint density at radius 3 is 2.35 bits per heavy atom. The van der Waals surface area contributed by atoms with Crippen molar-refractivity contribution in [2.24, 2.45) is 5.73 Å². The van der Waals surface area contributed by atoms with Gasteiger partial charge in [0.25, 0.3) is 0 Å². The molecule has 1 aromatic carbocycles. The van der Waals surface area contributed by atoms with Gasteiger partial charge in [0.05, 0.1) is 0 Å². The van der Waals surface area contributed by atoms with Crippen molar-refractivity contribution in [1.82, 2.24) is 4.90 Å². The minimum absolute atomic E-state index is 0.0323. The van der Waals surface area contributed by atoms with Gasteiger partial charge in [-0.2, -0.15) is 0 Å². The summed E-state index contributed by atoms with van der Waals surface area (Å²) in [4.78, 5) is 24.1. The fraction of sp³-hybridized carbons (Fsp3) is 0.385. The Bertz CT molecular complexity index is 376. The van der Waals surface area contributed by atoms with Crippen LogP contribution in [0.2, 0.25) is 0 Å². The van der Waals surface area contributed by atoms with Gasteiger partial charge in [0.1, 0.15) is 0 Å². The first-order chi connectivity index (χ1) is 8.13. The van der Waals surface area contributed by atoms with Crippen LogP contribution in [-0.4, -0.2) is 23.3 Å². The first-order valence-electron chi connectivity index (χ1n) is 5.73. The number of amides is 2. The molecule has 0 radical (unpaired) electrons. The molecule has 0 aliphatic heterocycles. The van der Waals surface area contributed by atoms with Gasteiger partial charge in [0.15, 0.2) is 0 Å². The van der Waals surface area contributed by atoms with E-state index in [0.717, 1.165) is 5.56 Å². The van der Waals surface area contributed by atoms with E-state index in [1.807, 2.05) is 37.3 Å². The average molecular weight is 234 g/mol. The summed E-state index contributed by atoms with van der Waals surface area (Å²) in [6.07, 6.45) is 0.306. The first kappa shape index (κ1) is 13.2. The van der Waals surface area contributed by atoms with Crippen molar-refractivity contribution in [3.63, 3.8) is 0 Å². The highest BCUT2D eigenvalue weighted by molar-refractivity contribution is 5.82. The predicted molar refractivity (Wildman–Crippen MR) is 66.0 cm³/mol. The van der Waals surface area contributed by atoms with Gasteiger partial charge in [0, 0.05) is 25.9 Å². The summed E-state index contributed by atoms with van der Waals surface area (Å²) in [6, 6.07) is 9.77. The minimum atomic E-state index is -0.436. The quantitative estimate of drug-likeness (QED) is 0.806. The van der Waals surface area contributed by atoms with E-state index < -0.39 is 5.91 Å². The Labute approximate surface area is 101 Å². The molecule has 17 heavy (non-hydrogen) atoms. The number of rotatable bonds is 6. The summed E-state index contributed by atoms with van der Waals surface area (Å²) in [5.74, 6) is -0.468. The summed E-state index contributed by atoms with van der Waals surface area (Å²) >= 11 is 0. The summed E-state index contributed by atoms with van der Waals surface area (Å²) < 4.78 is 0. The van der Waals surface area contributed by atoms with E-state index in [1.54, 1.807) is 4.90 Å². The molecule has 0 aliphatic carbocycles. The number of carbonyl (C=O) groups excluding carboxylic acids is 2. The second-order valence-corrected chi connectivity index (χ2v) is 3.86. The van der Waals surface area contributed by atoms with Gasteiger partial charge in [0.2, 0.25) is 11.8 Å². The lowest BCUT2D eigenvalue weighted by Gasteiger charge is -2.20. The zero-order valence-corrected chi connectivity index (χ0v) is 10.1. The highest BCUT2D eigenvalue weighted by Gasteiger charge is 2.12. The molecule has 0 spiro atoms. The Balaban J connectivity index is 2.53. The summed E-state index contributed by atoms with van der Waals surface area (Å²) in [7, 11) is 0. The molecule has 92 valence electrons. The molecule has 1 rings (SSSR count). The topological polar surface area (TPSA) is 63.4 Å². The SMILES string of the molecule is CCN(Cc1ccccc1)C(=O)CCC(N)=O. The molecule has 0 bridgehead atoms. The Hall–Kier alpha value is -1.84. The standard InChI is InChI=1S/C13H18N2O2/c1-2-15(13(17)9-8-12(14)16)10-11-6-4-3-5-7-11/h3-7H,2,8-10H2,1H3,(H2,14,16). The molecule has 0 aliphatic rings. The molecule has 0 aromatic heterocycles. The number of hydrogen-bond acceptors (Lipinski definition) is 2. The number of nitrogens with two attached hydrogens (primary N) is 1. The maximum atomic E-state index is 11.8. The Morgan fingerprint density at radius 1 is 1.18 bits per heavy atom. The Kier molecular flexibility index (Phi) is 5.20. The molecule has 0 unspecified atom stereocenters. The van der Waals surface area contributed by atoms with Crippen LogP contribution >= 0.6 is 0 Å². The van der Waals surface area contributed by atoms with Gasteiger partial charge in [-0.25, -0.2) is 0 Å². The van der Waals surface area contributed by atoms with E-state index in [9.17, 15) is 9.59 Å². The molecule has 0 fully saturated rings. The number of carbonyl (C=O) groups is 2. The Morgan fingerprint density at radius 2 is 1.82 bits per heavy atom. The van der Waals surface area contributed by atoms with Crippen LogP contribution in [0.5, 0.6) is 0 Å². The third-order valence-corrected chi connectivity index (χ3v) is 2.54. The van der Waals surface area contributed by atoms with Crippen molar-refractivity contribution in [3.8, 4) is 0 Å². The highest BCUT2D eigenvalue weighted by atomic mass is 16.2. The van der Waals surface area contributed by atoms with Crippen LogP contribution in [0.4, 0.5) is 0 Å². The van der Waals surface area contributed by atoms with Crippen molar-refractivity contribution >= 4 is 11.8 Å². The van der Waals surface area contributed by atoms with Crippen LogP contribution in [-0.2, 0) is 16.1 Å². The molecule has 2 N–H and O–H groups in total. The zero-order chi connectivity index (χ0) is 12.7. The van der Waals surface area contributed by atoms with Gasteiger partial charge >= 0.3 is 0 Å². The van der Waals surface area contributed by atoms with E-state index in [-0.39, 0.29) is 18.7 Å². The maximum absolute atomic E-state index is 11.8. The average Bonchev–Trinajstić information content (AvgIpc) is 2.34. The van der Waals surface area contributed by atoms with Gasteiger partial charge in [-0.15, -0.1) is 0 Å². The molecule has 4 nitrogen and oxygen atoms in total. The number of nitrogens with zero attached hydrogens (tertiary/aromatic N) is 1. The normalized spacial score (nSPS) is 9.94. The van der Waals surface area contributed by atoms with Crippen molar-refractivity contribution in [2.45, 2.75) is 26.3 Å². The second kappa shape index (κ2) is 6.68. The number of hydrogen-bond donors (Lipinski definition) is 1. The fourth-order valence-corrected chi connectivity index (χ4v) is 1.57. The lowest BCUT2D eigenvalue weighted by molar-refractivity contribution is -0.133. The predicted octanol–water partition coefficient (Wildman–Crippen LogP) is 1.30. The van der Waals surface area contributed by atoms with Gasteiger partial charge in [-0.3, -0.25) is 9.59 Å². The molecule has 0 atom stereocenters. The largest absolute Gasteiger partial charge is 0.370 e. The van der Waals surface area contributed by atoms with Crippen LogP contribution in [0.15, 0.2) is 30.3 Å². The van der Waals surface area contributed by atoms with Crippen LogP contribution in [0, 0.1) is 0 Å². The molecule has 0 saturated carbocycles. The van der Waals surface area contributed by atoms with Crippen molar-refractivity contribution in [1.29, 1.82) is 0 Å². The van der Waals surface area contributed by atoms with Crippen LogP contribution in [0.3, 0.4) is 0 Å². The van der Waals surface area contributed by atoms with Crippen molar-refractivity contribution in [2.75, 3.05) is 6.54 Å². The first-order valence-corrected chi connectivity index (χ1v) is 5.73. The number of primary amides is 1. The molecule has 2 amide bonds. The molecule has 0 saturated heterocycles. The molecular weight excluding hydrogens is 216 g/mol. The highest BCUT2D eigenvalue weighted by Crippen LogP contribution is 2.06. The van der Waals surface area contributed by atoms with E-state index in [2.05, 4.69) is 0 Å². The molecule has 4 heteroatoms. The van der Waals surface area contributed by atoms with Crippen LogP contribution in [0.1, 0.15) is 25.3 Å². The van der Waals surface area contributed by atoms with E-state index in [0.29, 0.717) is 13.1 Å². The van der Waals surface area contributed by atoms with E-state index in [1.165, 1.54) is 0 Å². The molecule has 0 heterocycles. The number of benzene rings is 1. The van der Waals surface area contributed by atoms with Crippen molar-refractivity contribution in [3.05, 3.63) is 35.9 Å². The monoisotopic (exact) mass is 234 g/mol. The van der Waals surface area contributed by atoms with Crippen LogP contribution < -0.4 is 5.73 Å². The van der Waals surface area contributed by atoms with E-state index >= 15 is 0 Å². The smallest absolute Gasteiger partial charge is 0.223 e. The zero-order valence-electron chi connectivity index (χ0n) is 10.1. The maximum Gasteiger partial charge on any atom is 0.223 e. The van der Waals surface area contributed by atoms with Gasteiger partial charge < -0.3 is 10.6 Å². The molecular formula is C13H18N2O2. The van der Waals surface area contributed by atoms with Gasteiger partial charge in [-0.1, -0.05) is 30.3 Å². The lowest BCUT2D eigenvalue weighted by atomic mass is 10.2. The van der Waals surface area contributed by atoms with Crippen LogP contribution in [0.25, 0.3) is 0 Å². The summed E-state index contributed by atoms with van der Waals surface area (Å²) in [6.45, 7) is 3.13. The second-order valence-electron chi connectivity index (χ2n) is 3.86. The third-order valence-electron chi connectivity index (χ3n) is 2.54. The minimum Gasteiger partial charge on any atom is -0.370 e. The van der Waals surface area contributed by atoms with Crippen molar-refractivity contribution < 1.29 is 9.59 Å². The fourth-order valence-electron chi connectivity index (χ4n) is 1.57. The lowest BCUT2D eigenvalue weighted by Crippen LogP contribution is -2.31. The third kappa shape index (κ3) is 4.68. The summed E-state index contributed by atoms with van der Waals surface area (Å²) in [5.41, 5.74) is 6.11. The summed E-state index contributed by atoms with van der Waals surface area (Å²) in [5, 5.41) is 0. The van der Waals surface area contributed by atoms with Gasteiger partial charge in [-0.05, 0) is 12.5 Å². The molecule has 1 aromatic rings. The van der Waals surface area contributed by atoms with E-state index in [4.69, 9.17) is 5.73 Å².